The van der Waals surface area contributed by atoms with Crippen molar-refractivity contribution in [2.45, 2.75) is 63.2 Å². The van der Waals surface area contributed by atoms with E-state index in [0.717, 1.165) is 0 Å². The molecule has 17 nitrogen and oxygen atoms in total. The summed E-state index contributed by atoms with van der Waals surface area (Å²) in [6.45, 7) is 1.64. The van der Waals surface area contributed by atoms with Gasteiger partial charge in [0, 0.05) is 13.1 Å². The fraction of sp³-hybridized carbons (Fsp3) is 0.632. The largest absolute Gasteiger partial charge is 0.480 e. The van der Waals surface area contributed by atoms with Gasteiger partial charge < -0.3 is 55.5 Å². The van der Waals surface area contributed by atoms with Gasteiger partial charge in [-0.2, -0.15) is 0 Å². The van der Waals surface area contributed by atoms with E-state index in [1.54, 1.807) is 0 Å². The maximum atomic E-state index is 12.9. The van der Waals surface area contributed by atoms with Crippen LogP contribution in [0.25, 0.3) is 0 Å². The summed E-state index contributed by atoms with van der Waals surface area (Å²) >= 11 is 0. The number of carbonyl (C=O) groups is 5. The predicted molar refractivity (Wildman–Crippen MR) is 131 cm³/mol. The van der Waals surface area contributed by atoms with Crippen molar-refractivity contribution in [2.24, 2.45) is 44.4 Å². The van der Waals surface area contributed by atoms with Gasteiger partial charge in [-0.3, -0.25) is 29.2 Å². The molecule has 0 aromatic heterocycles. The lowest BCUT2D eigenvalue weighted by atomic mass is 10.1. The molecule has 0 aromatic rings. The highest BCUT2D eigenvalue weighted by atomic mass is 16.4. The average molecular weight is 516 g/mol. The Balaban J connectivity index is 5.56. The molecule has 0 aliphatic rings. The molecule has 4 unspecified atom stereocenters. The van der Waals surface area contributed by atoms with Crippen LogP contribution >= 0.6 is 0 Å². The van der Waals surface area contributed by atoms with Crippen LogP contribution < -0.4 is 50.4 Å². The molecule has 0 aliphatic carbocycles. The third-order valence-corrected chi connectivity index (χ3v) is 4.59. The van der Waals surface area contributed by atoms with E-state index >= 15 is 0 Å². The van der Waals surface area contributed by atoms with E-state index in [9.17, 15) is 29.1 Å². The van der Waals surface area contributed by atoms with Gasteiger partial charge in [0.25, 0.3) is 0 Å². The van der Waals surface area contributed by atoms with Gasteiger partial charge in [0.1, 0.15) is 18.1 Å². The van der Waals surface area contributed by atoms with Crippen LogP contribution in [0.3, 0.4) is 0 Å². The summed E-state index contributed by atoms with van der Waals surface area (Å²) in [7, 11) is 0. The maximum absolute atomic E-state index is 12.9. The molecule has 204 valence electrons. The first-order valence-electron chi connectivity index (χ1n) is 11.0. The number of carbonyl (C=O) groups excluding carboxylic acids is 4. The summed E-state index contributed by atoms with van der Waals surface area (Å²) < 4.78 is 0. The van der Waals surface area contributed by atoms with Crippen LogP contribution in [0.4, 0.5) is 0 Å². The van der Waals surface area contributed by atoms with E-state index in [2.05, 4.69) is 25.9 Å². The van der Waals surface area contributed by atoms with E-state index < -0.39 is 60.2 Å². The molecule has 4 amide bonds. The summed E-state index contributed by atoms with van der Waals surface area (Å²) in [5.74, 6) is -4.97. The minimum atomic E-state index is -1.41. The van der Waals surface area contributed by atoms with Crippen LogP contribution in [0.1, 0.15) is 39.0 Å². The van der Waals surface area contributed by atoms with E-state index in [4.69, 9.17) is 34.4 Å². The standard InChI is InChI=1S/C19H37N11O6/c1-9(20)14(32)30-12(8-13(21)31)16(34)28-10(4-2-6-26-18(22)23)15(33)29-11(17(35)36)5-3-7-27-19(24)25/h9-12H,2-8,20H2,1H3,(H2,21,31)(H,28,34)(H,29,33)(H,30,32)(H,35,36)(H4,22,23,26)(H4,24,25,27). The van der Waals surface area contributed by atoms with E-state index in [1.165, 1.54) is 6.92 Å². The minimum absolute atomic E-state index is 0.000771. The normalized spacial score (nSPS) is 13.7. The van der Waals surface area contributed by atoms with Crippen LogP contribution in [0.5, 0.6) is 0 Å². The molecule has 0 saturated carbocycles. The van der Waals surface area contributed by atoms with Gasteiger partial charge in [-0.15, -0.1) is 0 Å². The molecule has 0 radical (unpaired) electrons. The Labute approximate surface area is 207 Å². The topological polar surface area (TPSA) is 323 Å². The number of carboxylic acid groups (broad SMARTS) is 1. The monoisotopic (exact) mass is 515 g/mol. The van der Waals surface area contributed by atoms with E-state index in [-0.39, 0.29) is 50.7 Å². The quantitative estimate of drug-likeness (QED) is 0.0495. The number of nitrogens with zero attached hydrogens (tertiary/aromatic N) is 2. The summed E-state index contributed by atoms with van der Waals surface area (Å²) in [4.78, 5) is 68.2. The number of aliphatic imine (C=N–C) groups is 2. The van der Waals surface area contributed by atoms with Crippen molar-refractivity contribution in [1.29, 1.82) is 0 Å². The molecule has 0 bridgehead atoms. The smallest absolute Gasteiger partial charge is 0.326 e. The number of nitrogens with one attached hydrogen (secondary N) is 3. The lowest BCUT2D eigenvalue weighted by Gasteiger charge is -2.24. The lowest BCUT2D eigenvalue weighted by Crippen LogP contribution is -2.57. The molecular formula is C19H37N11O6. The van der Waals surface area contributed by atoms with Gasteiger partial charge in [0.2, 0.25) is 23.6 Å². The number of hydrogen-bond donors (Lipinski definition) is 10. The Bertz CT molecular complexity index is 838. The van der Waals surface area contributed by atoms with Gasteiger partial charge in [0.15, 0.2) is 11.9 Å². The number of nitrogens with two attached hydrogens (primary N) is 6. The van der Waals surface area contributed by atoms with Crippen molar-refractivity contribution in [2.75, 3.05) is 13.1 Å². The van der Waals surface area contributed by atoms with E-state index in [0.29, 0.717) is 0 Å². The van der Waals surface area contributed by atoms with Gasteiger partial charge >= 0.3 is 5.97 Å². The molecule has 0 aromatic carbocycles. The zero-order valence-electron chi connectivity index (χ0n) is 20.1. The molecule has 0 spiro atoms. The first-order valence-corrected chi connectivity index (χ1v) is 11.0. The van der Waals surface area contributed by atoms with Crippen LogP contribution in [0, 0.1) is 0 Å². The van der Waals surface area contributed by atoms with Crippen LogP contribution in [-0.2, 0) is 24.0 Å². The lowest BCUT2D eigenvalue weighted by molar-refractivity contribution is -0.142. The second-order valence-corrected chi connectivity index (χ2v) is 7.88. The molecule has 0 aliphatic heterocycles. The zero-order valence-corrected chi connectivity index (χ0v) is 20.1. The third-order valence-electron chi connectivity index (χ3n) is 4.59. The summed E-state index contributed by atoms with van der Waals surface area (Å²) in [6.07, 6.45) is -0.0819. The van der Waals surface area contributed by atoms with Gasteiger partial charge in [-0.1, -0.05) is 0 Å². The first-order chi connectivity index (χ1) is 16.7. The van der Waals surface area contributed by atoms with Crippen LogP contribution in [-0.4, -0.2) is 83.9 Å². The molecule has 0 saturated heterocycles. The van der Waals surface area contributed by atoms with Gasteiger partial charge in [0.05, 0.1) is 12.5 Å². The highest BCUT2D eigenvalue weighted by Gasteiger charge is 2.30. The maximum Gasteiger partial charge on any atom is 0.326 e. The number of aliphatic carboxylic acids is 1. The second kappa shape index (κ2) is 16.5. The molecule has 17 heteroatoms. The van der Waals surface area contributed by atoms with Crippen LogP contribution in [0.15, 0.2) is 9.98 Å². The third kappa shape index (κ3) is 14.2. The Kier molecular flexibility index (Phi) is 14.6. The van der Waals surface area contributed by atoms with Gasteiger partial charge in [-0.25, -0.2) is 4.79 Å². The predicted octanol–water partition coefficient (Wildman–Crippen LogP) is -5.14. The number of carboxylic acids is 1. The average Bonchev–Trinajstić information content (AvgIpc) is 2.76. The Morgan fingerprint density at radius 3 is 1.56 bits per heavy atom. The highest BCUT2D eigenvalue weighted by Crippen LogP contribution is 2.05. The van der Waals surface area contributed by atoms with E-state index in [1.807, 2.05) is 0 Å². The molecule has 4 atom stereocenters. The number of guanidine groups is 2. The molecule has 0 rings (SSSR count). The summed E-state index contributed by atoms with van der Waals surface area (Å²) in [5.41, 5.74) is 31.7. The van der Waals surface area contributed by atoms with Crippen molar-refractivity contribution >= 4 is 41.5 Å². The van der Waals surface area contributed by atoms with Crippen molar-refractivity contribution in [3.63, 3.8) is 0 Å². The highest BCUT2D eigenvalue weighted by molar-refractivity contribution is 5.96. The molecule has 0 heterocycles. The van der Waals surface area contributed by atoms with Crippen molar-refractivity contribution < 1.29 is 29.1 Å². The van der Waals surface area contributed by atoms with Crippen molar-refractivity contribution in [3.05, 3.63) is 0 Å². The second-order valence-electron chi connectivity index (χ2n) is 7.88. The fourth-order valence-corrected chi connectivity index (χ4v) is 2.79. The summed E-state index contributed by atoms with van der Waals surface area (Å²) in [5, 5.41) is 16.5. The number of amides is 4. The summed E-state index contributed by atoms with van der Waals surface area (Å²) in [6, 6.07) is -4.96. The Morgan fingerprint density at radius 1 is 0.722 bits per heavy atom. The zero-order chi connectivity index (χ0) is 27.8. The van der Waals surface area contributed by atoms with Crippen LogP contribution in [0.2, 0.25) is 0 Å². The number of primary amides is 1. The van der Waals surface area contributed by atoms with Gasteiger partial charge in [-0.05, 0) is 32.6 Å². The SMILES string of the molecule is CC(N)C(=O)NC(CC(N)=O)C(=O)NC(CCCN=C(N)N)C(=O)NC(CCCN=C(N)N)C(=O)O. The van der Waals surface area contributed by atoms with Crippen molar-refractivity contribution in [1.82, 2.24) is 16.0 Å². The first kappa shape index (κ1) is 31.8. The Hall–Kier alpha value is -4.15. The Morgan fingerprint density at radius 2 is 1.14 bits per heavy atom. The minimum Gasteiger partial charge on any atom is -0.480 e. The fourth-order valence-electron chi connectivity index (χ4n) is 2.79. The molecule has 0 fully saturated rings. The molecular weight excluding hydrogens is 478 g/mol. The molecule has 16 N–H and O–H groups in total. The molecule has 36 heavy (non-hydrogen) atoms. The van der Waals surface area contributed by atoms with Crippen molar-refractivity contribution in [3.8, 4) is 0 Å². The number of hydrogen-bond acceptors (Lipinski definition) is 8. The number of rotatable bonds is 17.